The Morgan fingerprint density at radius 3 is 1.79 bits per heavy atom. The highest BCUT2D eigenvalue weighted by molar-refractivity contribution is 5.92. The summed E-state index contributed by atoms with van der Waals surface area (Å²) in [6.07, 6.45) is -0.823. The van der Waals surface area contributed by atoms with Gasteiger partial charge in [-0.15, -0.1) is 0 Å². The van der Waals surface area contributed by atoms with E-state index in [4.69, 9.17) is 15.6 Å². The van der Waals surface area contributed by atoms with Crippen molar-refractivity contribution in [3.63, 3.8) is 0 Å². The summed E-state index contributed by atoms with van der Waals surface area (Å²) in [6.45, 7) is -2.42. The Labute approximate surface area is 273 Å². The molecule has 3 rings (SSSR count). The van der Waals surface area contributed by atoms with Gasteiger partial charge in [-0.1, -0.05) is 91.0 Å². The molecule has 14 heteroatoms. The Morgan fingerprint density at radius 1 is 0.617 bits per heavy atom. The first kappa shape index (κ1) is 34.1. The van der Waals surface area contributed by atoms with Crippen LogP contribution in [0.5, 0.6) is 0 Å². The second-order valence-corrected chi connectivity index (χ2v) is 9.89. The Morgan fingerprint density at radius 2 is 1.17 bits per heavy atom. The molecule has 0 saturated carbocycles. The van der Waals surface area contributed by atoms with Crippen LogP contribution in [0.4, 0.5) is 4.79 Å². The predicted octanol–water partition coefficient (Wildman–Crippen LogP) is 0.706. The second kappa shape index (κ2) is 20.3. The molecule has 0 aliphatic carbocycles. The summed E-state index contributed by atoms with van der Waals surface area (Å²) < 4.78 is 23.1. The Kier molecular flexibility index (Phi) is 14.7. The second-order valence-electron chi connectivity index (χ2n) is 9.89. The molecule has 14 nitrogen and oxygen atoms in total. The fraction of sp³-hybridized carbons (Fsp3) is 0.273. The van der Waals surface area contributed by atoms with E-state index >= 15 is 0 Å². The van der Waals surface area contributed by atoms with E-state index in [9.17, 15) is 28.8 Å². The smallest absolute Gasteiger partial charge is 0.407 e. The Bertz CT molecular complexity index is 1500. The molecule has 3 aromatic carbocycles. The lowest BCUT2D eigenvalue weighted by Crippen LogP contribution is -2.52. The molecule has 47 heavy (non-hydrogen) atoms. The molecule has 0 saturated heterocycles. The zero-order valence-corrected chi connectivity index (χ0v) is 25.5. The fourth-order valence-electron chi connectivity index (χ4n) is 3.84. The van der Waals surface area contributed by atoms with E-state index in [1.54, 1.807) is 66.7 Å². The average Bonchev–Trinajstić information content (AvgIpc) is 3.10. The molecular formula is C33H37N5O9. The number of ether oxygens (including phenoxy) is 3. The van der Waals surface area contributed by atoms with Crippen molar-refractivity contribution in [2.75, 3.05) is 33.0 Å². The Hall–Kier alpha value is -5.76. The van der Waals surface area contributed by atoms with Crippen LogP contribution >= 0.6 is 0 Å². The maximum atomic E-state index is 13.0. The number of carbonyl (C=O) groups is 6. The lowest BCUT2D eigenvalue weighted by molar-refractivity contribution is -0.151. The molecule has 0 aliphatic heterocycles. The van der Waals surface area contributed by atoms with Crippen LogP contribution < -0.4 is 26.6 Å². The molecule has 0 spiro atoms. The minimum Gasteiger partial charge on any atom is -0.459 e. The number of alkyl carbamates (subject to hydrolysis) is 1. The number of esters is 1. The van der Waals surface area contributed by atoms with Gasteiger partial charge in [-0.25, -0.2) is 9.59 Å². The molecule has 0 aliphatic rings. The van der Waals surface area contributed by atoms with E-state index < -0.39 is 68.0 Å². The molecule has 0 aromatic heterocycles. The Balaban J connectivity index is 1.39. The largest absolute Gasteiger partial charge is 0.459 e. The average molecular weight is 649 g/mol. The number of carbonyl (C=O) groups excluding carboxylic acids is 6. The lowest BCUT2D eigenvalue weighted by atomic mass is 10.1. The maximum absolute atomic E-state index is 13.0. The van der Waals surface area contributed by atoms with E-state index in [-0.39, 0.29) is 26.4 Å². The number of rotatable bonds is 18. The van der Waals surface area contributed by atoms with Crippen molar-refractivity contribution in [2.24, 2.45) is 0 Å². The van der Waals surface area contributed by atoms with Gasteiger partial charge >= 0.3 is 12.1 Å². The summed E-state index contributed by atoms with van der Waals surface area (Å²) in [7, 11) is 0. The van der Waals surface area contributed by atoms with Gasteiger partial charge in [0.15, 0.2) is 1.41 Å². The van der Waals surface area contributed by atoms with Crippen LogP contribution in [-0.2, 0) is 57.8 Å². The highest BCUT2D eigenvalue weighted by atomic mass is 16.6. The standard InChI is InChI=1S/C33H37N5O9/c39-28(18-36-33(44)47-21-26-14-8-3-9-15-26)34-19-30(41)38-27(16-24-10-4-1-5-11-24)32(43)35-17-29(40)37-23-45-22-31(42)46-20-25-12-6-2-7-13-25/h1-15,27H,16-23H2,(H,34,39)(H,35,43)(H,36,44)(H,37,40)(H,38,41)/t27-/m0/s1/i/hD. The highest BCUT2D eigenvalue weighted by Crippen LogP contribution is 2.04. The van der Waals surface area contributed by atoms with E-state index in [0.29, 0.717) is 10.9 Å². The third-order valence-electron chi connectivity index (χ3n) is 6.19. The summed E-state index contributed by atoms with van der Waals surface area (Å²) in [4.78, 5) is 73.9. The summed E-state index contributed by atoms with van der Waals surface area (Å²) >= 11 is 0. The zero-order chi connectivity index (χ0) is 34.6. The molecule has 0 heterocycles. The molecule has 3 aromatic rings. The van der Waals surface area contributed by atoms with Gasteiger partial charge in [0, 0.05) is 6.42 Å². The van der Waals surface area contributed by atoms with Crippen LogP contribution in [0.3, 0.4) is 0 Å². The quantitative estimate of drug-likeness (QED) is 0.0751. The minimum atomic E-state index is -1.15. The number of nitrogens with one attached hydrogen (secondary N) is 5. The van der Waals surface area contributed by atoms with Gasteiger partial charge in [-0.3, -0.25) is 19.2 Å². The zero-order valence-electron chi connectivity index (χ0n) is 26.5. The van der Waals surface area contributed by atoms with E-state index in [1.807, 2.05) is 24.3 Å². The SMILES string of the molecule is [2H]N(CC(=O)N[C@@H](Cc1ccccc1)C(=O)NCC(=O)NCOCC(=O)OCc1ccccc1)C(=O)CNC(=O)OCc1ccccc1. The summed E-state index contributed by atoms with van der Waals surface area (Å²) in [5.41, 5.74) is 2.26. The molecule has 0 fully saturated rings. The molecule has 0 bridgehead atoms. The van der Waals surface area contributed by atoms with Crippen LogP contribution in [0.15, 0.2) is 91.0 Å². The number of hydrogen-bond donors (Lipinski definition) is 5. The third kappa shape index (κ3) is 15.2. The van der Waals surface area contributed by atoms with Crippen molar-refractivity contribution in [3.8, 4) is 0 Å². The topological polar surface area (TPSA) is 190 Å². The predicted molar refractivity (Wildman–Crippen MR) is 168 cm³/mol. The summed E-state index contributed by atoms with van der Waals surface area (Å²) in [6, 6.07) is 25.6. The maximum Gasteiger partial charge on any atom is 0.407 e. The monoisotopic (exact) mass is 648 g/mol. The van der Waals surface area contributed by atoms with Gasteiger partial charge in [0.1, 0.15) is 39.1 Å². The fourth-order valence-corrected chi connectivity index (χ4v) is 3.84. The van der Waals surface area contributed by atoms with Crippen molar-refractivity contribution >= 4 is 35.7 Å². The van der Waals surface area contributed by atoms with Crippen molar-refractivity contribution in [1.29, 1.82) is 0 Å². The molecule has 1 atom stereocenters. The molecule has 0 radical (unpaired) electrons. The number of amides is 5. The van der Waals surface area contributed by atoms with Crippen LogP contribution in [-0.4, -0.2) is 74.7 Å². The molecule has 5 N–H and O–H groups in total. The van der Waals surface area contributed by atoms with E-state index in [0.717, 1.165) is 11.1 Å². The van der Waals surface area contributed by atoms with Gasteiger partial charge in [0.05, 0.1) is 13.1 Å². The molecule has 248 valence electrons. The first-order chi connectivity index (χ1) is 23.2. The van der Waals surface area contributed by atoms with E-state index in [1.165, 1.54) is 0 Å². The van der Waals surface area contributed by atoms with Gasteiger partial charge in [-0.05, 0) is 16.7 Å². The normalized spacial score (nSPS) is 11.2. The van der Waals surface area contributed by atoms with Crippen molar-refractivity contribution in [2.45, 2.75) is 25.7 Å². The molecular weight excluding hydrogens is 610 g/mol. The van der Waals surface area contributed by atoms with Crippen molar-refractivity contribution in [3.05, 3.63) is 108 Å². The van der Waals surface area contributed by atoms with Gasteiger partial charge in [0.2, 0.25) is 23.6 Å². The third-order valence-corrected chi connectivity index (χ3v) is 6.19. The van der Waals surface area contributed by atoms with E-state index in [2.05, 4.69) is 21.3 Å². The molecule has 0 unspecified atom stereocenters. The first-order valence-corrected chi connectivity index (χ1v) is 14.6. The summed E-state index contributed by atoms with van der Waals surface area (Å²) in [5.74, 6) is -3.65. The van der Waals surface area contributed by atoms with Crippen molar-refractivity contribution in [1.82, 2.24) is 26.6 Å². The van der Waals surface area contributed by atoms with Crippen LogP contribution in [0, 0.1) is 0 Å². The lowest BCUT2D eigenvalue weighted by Gasteiger charge is -2.19. The minimum absolute atomic E-state index is 0.0137. The van der Waals surface area contributed by atoms with Gasteiger partial charge < -0.3 is 40.8 Å². The molecule has 5 amide bonds. The van der Waals surface area contributed by atoms with Crippen molar-refractivity contribution < 1.29 is 44.4 Å². The van der Waals surface area contributed by atoms with Gasteiger partial charge in [-0.2, -0.15) is 0 Å². The highest BCUT2D eigenvalue weighted by Gasteiger charge is 2.22. The number of benzene rings is 3. The summed E-state index contributed by atoms with van der Waals surface area (Å²) in [5, 5.41) is 9.87. The number of hydrogen-bond acceptors (Lipinski definition) is 9. The van der Waals surface area contributed by atoms with Crippen LogP contribution in [0.25, 0.3) is 0 Å². The first-order valence-electron chi connectivity index (χ1n) is 15.0. The van der Waals surface area contributed by atoms with Crippen LogP contribution in [0.2, 0.25) is 1.41 Å². The van der Waals surface area contributed by atoms with Gasteiger partial charge in [0.25, 0.3) is 0 Å². The van der Waals surface area contributed by atoms with Crippen LogP contribution in [0.1, 0.15) is 16.7 Å².